The number of fused-ring (bicyclic) bond motifs is 1. The van der Waals surface area contributed by atoms with E-state index in [2.05, 4.69) is 20.6 Å². The Balaban J connectivity index is 1.43. The van der Waals surface area contributed by atoms with Crippen LogP contribution in [0.1, 0.15) is 37.5 Å². The average molecular weight is 579 g/mol. The van der Waals surface area contributed by atoms with Crippen molar-refractivity contribution in [1.29, 1.82) is 0 Å². The number of benzene rings is 3. The molecule has 0 aliphatic carbocycles. The lowest BCUT2D eigenvalue weighted by molar-refractivity contribution is -0.132. The molecule has 2 heterocycles. The summed E-state index contributed by atoms with van der Waals surface area (Å²) >= 11 is 0. The molecule has 1 aromatic heterocycles. The van der Waals surface area contributed by atoms with Crippen LogP contribution in [0.3, 0.4) is 0 Å². The first-order valence-corrected chi connectivity index (χ1v) is 13.7. The number of imidazole rings is 1. The Morgan fingerprint density at radius 3 is 1.79 bits per heavy atom. The van der Waals surface area contributed by atoms with Gasteiger partial charge in [0.25, 0.3) is 11.8 Å². The molecule has 11 nitrogen and oxygen atoms in total. The van der Waals surface area contributed by atoms with Crippen molar-refractivity contribution in [3.8, 4) is 0 Å². The molecule has 0 saturated carbocycles. The first kappa shape index (κ1) is 28.9. The highest BCUT2D eigenvalue weighted by Gasteiger charge is 2.43. The van der Waals surface area contributed by atoms with E-state index in [1.54, 1.807) is 72.8 Å². The van der Waals surface area contributed by atoms with Crippen LogP contribution in [0.4, 0.5) is 0 Å². The van der Waals surface area contributed by atoms with E-state index in [0.29, 0.717) is 5.69 Å². The third-order valence-electron chi connectivity index (χ3n) is 7.27. The number of carbonyl (C=O) groups is 5. The molecule has 0 radical (unpaired) electrons. The Hall–Kier alpha value is -5.58. The van der Waals surface area contributed by atoms with Crippen molar-refractivity contribution in [3.63, 3.8) is 0 Å². The van der Waals surface area contributed by atoms with E-state index in [0.717, 1.165) is 16.0 Å². The molecule has 3 aromatic carbocycles. The van der Waals surface area contributed by atoms with Gasteiger partial charge in [0.15, 0.2) is 0 Å². The summed E-state index contributed by atoms with van der Waals surface area (Å²) in [6.07, 6.45) is 3.13. The Bertz CT molecular complexity index is 1590. The van der Waals surface area contributed by atoms with E-state index in [1.807, 2.05) is 12.1 Å². The van der Waals surface area contributed by atoms with Gasteiger partial charge in [0.1, 0.15) is 18.1 Å². The molecule has 1 aliphatic heterocycles. The van der Waals surface area contributed by atoms with Gasteiger partial charge in [0.05, 0.1) is 17.5 Å². The van der Waals surface area contributed by atoms with Gasteiger partial charge in [-0.3, -0.25) is 28.9 Å². The third kappa shape index (κ3) is 6.67. The zero-order chi connectivity index (χ0) is 30.3. The molecular formula is C32H30N6O5. The minimum atomic E-state index is -1.25. The number of primary amides is 1. The van der Waals surface area contributed by atoms with Crippen molar-refractivity contribution in [2.24, 2.45) is 5.73 Å². The molecule has 0 unspecified atom stereocenters. The molecule has 0 bridgehead atoms. The van der Waals surface area contributed by atoms with E-state index in [9.17, 15) is 24.0 Å². The summed E-state index contributed by atoms with van der Waals surface area (Å²) in [5.41, 5.74) is 8.05. The van der Waals surface area contributed by atoms with Crippen LogP contribution in [0.2, 0.25) is 0 Å². The fourth-order valence-corrected chi connectivity index (χ4v) is 5.07. The third-order valence-corrected chi connectivity index (χ3v) is 7.27. The van der Waals surface area contributed by atoms with Gasteiger partial charge in [0, 0.05) is 31.2 Å². The second kappa shape index (κ2) is 12.9. The number of H-pyrrole nitrogens is 1. The molecule has 5 N–H and O–H groups in total. The van der Waals surface area contributed by atoms with E-state index in [1.165, 1.54) is 12.5 Å². The lowest BCUT2D eigenvalue weighted by Gasteiger charge is -2.28. The summed E-state index contributed by atoms with van der Waals surface area (Å²) in [6.45, 7) is 0. The minimum Gasteiger partial charge on any atom is -0.368 e. The van der Waals surface area contributed by atoms with Crippen LogP contribution in [0.5, 0.6) is 0 Å². The van der Waals surface area contributed by atoms with Crippen molar-refractivity contribution in [3.05, 3.63) is 125 Å². The van der Waals surface area contributed by atoms with E-state index >= 15 is 0 Å². The van der Waals surface area contributed by atoms with Crippen LogP contribution in [-0.2, 0) is 33.6 Å². The maximum atomic E-state index is 14.0. The Morgan fingerprint density at radius 2 is 1.26 bits per heavy atom. The monoisotopic (exact) mass is 578 g/mol. The number of amides is 5. The number of aromatic amines is 1. The first-order valence-electron chi connectivity index (χ1n) is 13.7. The molecular weight excluding hydrogens is 548 g/mol. The zero-order valence-electron chi connectivity index (χ0n) is 23.1. The SMILES string of the molecule is NC(=O)[C@H](Cc1cnc[nH]1)NC(=O)[C@H](Cc1ccccc1)NC(=O)[C@H](Cc1ccccc1)N1C(=O)c2ccccc2C1=O. The number of aromatic nitrogens is 2. The lowest BCUT2D eigenvalue weighted by Crippen LogP contribution is -2.58. The molecule has 1 aliphatic rings. The van der Waals surface area contributed by atoms with Crippen molar-refractivity contribution in [2.45, 2.75) is 37.4 Å². The van der Waals surface area contributed by atoms with Crippen LogP contribution in [-0.4, -0.2) is 62.5 Å². The number of hydrogen-bond acceptors (Lipinski definition) is 6. The van der Waals surface area contributed by atoms with Gasteiger partial charge in [-0.25, -0.2) is 4.98 Å². The van der Waals surface area contributed by atoms with Gasteiger partial charge in [0.2, 0.25) is 17.7 Å². The number of carbonyl (C=O) groups excluding carboxylic acids is 5. The number of nitrogens with zero attached hydrogens (tertiary/aromatic N) is 2. The summed E-state index contributed by atoms with van der Waals surface area (Å²) in [5, 5.41) is 5.41. The highest BCUT2D eigenvalue weighted by Crippen LogP contribution is 2.26. The number of rotatable bonds is 12. The molecule has 0 spiro atoms. The van der Waals surface area contributed by atoms with Crippen LogP contribution >= 0.6 is 0 Å². The summed E-state index contributed by atoms with van der Waals surface area (Å²) in [6, 6.07) is 20.9. The molecule has 11 heteroatoms. The molecule has 0 saturated heterocycles. The topological polar surface area (TPSA) is 167 Å². The zero-order valence-corrected chi connectivity index (χ0v) is 23.1. The maximum Gasteiger partial charge on any atom is 0.262 e. The fourth-order valence-electron chi connectivity index (χ4n) is 5.07. The van der Waals surface area contributed by atoms with Crippen LogP contribution in [0, 0.1) is 0 Å². The van der Waals surface area contributed by atoms with Gasteiger partial charge in [-0.15, -0.1) is 0 Å². The largest absolute Gasteiger partial charge is 0.368 e. The standard InChI is InChI=1S/C32H30N6O5/c33-28(39)25(17-22-18-34-19-35-22)36-29(40)26(15-20-9-3-1-4-10-20)37-30(41)27(16-21-11-5-2-6-12-21)38-31(42)23-13-7-8-14-24(23)32(38)43/h1-14,18-19,25-27H,15-17H2,(H2,33,39)(H,34,35)(H,36,40)(H,37,41)/t25-,26-,27-/m0/s1. The maximum absolute atomic E-state index is 14.0. The van der Waals surface area contributed by atoms with Gasteiger partial charge >= 0.3 is 0 Å². The fraction of sp³-hybridized carbons (Fsp3) is 0.188. The summed E-state index contributed by atoms with van der Waals surface area (Å²) in [7, 11) is 0. The number of nitrogens with two attached hydrogens (primary N) is 1. The molecule has 43 heavy (non-hydrogen) atoms. The van der Waals surface area contributed by atoms with Crippen LogP contribution < -0.4 is 16.4 Å². The van der Waals surface area contributed by atoms with E-state index < -0.39 is 47.7 Å². The Kier molecular flexibility index (Phi) is 8.71. The summed E-state index contributed by atoms with van der Waals surface area (Å²) in [4.78, 5) is 74.5. The molecule has 4 aromatic rings. The summed E-state index contributed by atoms with van der Waals surface area (Å²) in [5.74, 6) is -3.29. The molecule has 218 valence electrons. The number of imide groups is 1. The predicted molar refractivity (Wildman–Crippen MR) is 156 cm³/mol. The molecule has 5 rings (SSSR count). The van der Waals surface area contributed by atoms with Crippen LogP contribution in [0.15, 0.2) is 97.5 Å². The normalized spacial score (nSPS) is 14.5. The van der Waals surface area contributed by atoms with Crippen molar-refractivity contribution >= 4 is 29.5 Å². The number of hydrogen-bond donors (Lipinski definition) is 4. The Labute approximate surface area is 247 Å². The smallest absolute Gasteiger partial charge is 0.262 e. The van der Waals surface area contributed by atoms with Crippen LogP contribution in [0.25, 0.3) is 0 Å². The molecule has 5 amide bonds. The van der Waals surface area contributed by atoms with E-state index in [4.69, 9.17) is 5.73 Å². The van der Waals surface area contributed by atoms with E-state index in [-0.39, 0.29) is 30.4 Å². The van der Waals surface area contributed by atoms with Crippen molar-refractivity contribution in [2.75, 3.05) is 0 Å². The predicted octanol–water partition coefficient (Wildman–Crippen LogP) is 1.56. The van der Waals surface area contributed by atoms with Crippen molar-refractivity contribution < 1.29 is 24.0 Å². The average Bonchev–Trinajstić information content (AvgIpc) is 3.62. The summed E-state index contributed by atoms with van der Waals surface area (Å²) < 4.78 is 0. The second-order valence-corrected chi connectivity index (χ2v) is 10.2. The highest BCUT2D eigenvalue weighted by molar-refractivity contribution is 6.23. The van der Waals surface area contributed by atoms with Gasteiger partial charge in [-0.1, -0.05) is 72.8 Å². The minimum absolute atomic E-state index is 0.0293. The molecule has 3 atom stereocenters. The number of nitrogens with one attached hydrogen (secondary N) is 3. The molecule has 0 fully saturated rings. The second-order valence-electron chi connectivity index (χ2n) is 10.2. The van der Waals surface area contributed by atoms with Gasteiger partial charge in [-0.2, -0.15) is 0 Å². The first-order chi connectivity index (χ1) is 20.8. The van der Waals surface area contributed by atoms with Gasteiger partial charge < -0.3 is 21.4 Å². The quantitative estimate of drug-likeness (QED) is 0.186. The highest BCUT2D eigenvalue weighted by atomic mass is 16.2. The Morgan fingerprint density at radius 1 is 0.721 bits per heavy atom. The lowest BCUT2D eigenvalue weighted by atomic mass is 10.0. The van der Waals surface area contributed by atoms with Gasteiger partial charge in [-0.05, 0) is 23.3 Å². The van der Waals surface area contributed by atoms with Crippen molar-refractivity contribution in [1.82, 2.24) is 25.5 Å².